The number of carbonyl (C=O) groups excluding carboxylic acids is 1. The minimum atomic E-state index is -0.853. The largest absolute Gasteiger partial charge is 0.493 e. The zero-order valence-corrected chi connectivity index (χ0v) is 19.1. The molecule has 1 aromatic heterocycles. The molecule has 0 fully saturated rings. The van der Waals surface area contributed by atoms with Crippen molar-refractivity contribution in [2.75, 3.05) is 6.61 Å². The van der Waals surface area contributed by atoms with Crippen molar-refractivity contribution in [1.29, 1.82) is 0 Å². The third-order valence-corrected chi connectivity index (χ3v) is 5.26. The topological polar surface area (TPSA) is 102 Å². The summed E-state index contributed by atoms with van der Waals surface area (Å²) >= 11 is 0. The van der Waals surface area contributed by atoms with E-state index in [0.717, 1.165) is 34.6 Å². The Kier molecular flexibility index (Phi) is 8.63. The van der Waals surface area contributed by atoms with Crippen LogP contribution in [0.2, 0.25) is 0 Å². The zero-order chi connectivity index (χ0) is 23.6. The molecule has 0 aliphatic rings. The molecule has 0 bridgehead atoms. The van der Waals surface area contributed by atoms with Gasteiger partial charge in [0.15, 0.2) is 0 Å². The third kappa shape index (κ3) is 7.20. The Hall–Kier alpha value is -3.61. The van der Waals surface area contributed by atoms with E-state index in [0.29, 0.717) is 44.1 Å². The van der Waals surface area contributed by atoms with Gasteiger partial charge in [0.25, 0.3) is 0 Å². The molecule has 0 aliphatic heterocycles. The SMILES string of the molecule is CCCC(=O)NCc1cc(OCCc2nc(-c3ccccc3)oc2C)ccc1CCC(=O)O. The maximum absolute atomic E-state index is 11.9. The van der Waals surface area contributed by atoms with Crippen LogP contribution in [0.4, 0.5) is 0 Å². The van der Waals surface area contributed by atoms with E-state index in [9.17, 15) is 9.59 Å². The highest BCUT2D eigenvalue weighted by Gasteiger charge is 2.12. The van der Waals surface area contributed by atoms with Gasteiger partial charge in [-0.05, 0) is 55.2 Å². The van der Waals surface area contributed by atoms with Crippen molar-refractivity contribution in [2.45, 2.75) is 52.5 Å². The van der Waals surface area contributed by atoms with Crippen molar-refractivity contribution >= 4 is 11.9 Å². The van der Waals surface area contributed by atoms with E-state index < -0.39 is 5.97 Å². The van der Waals surface area contributed by atoms with E-state index in [1.165, 1.54) is 0 Å². The molecular formula is C26H30N2O5. The third-order valence-electron chi connectivity index (χ3n) is 5.26. The number of aliphatic carboxylic acids is 1. The smallest absolute Gasteiger partial charge is 0.303 e. The van der Waals surface area contributed by atoms with E-state index in [1.54, 1.807) is 0 Å². The van der Waals surface area contributed by atoms with E-state index >= 15 is 0 Å². The summed E-state index contributed by atoms with van der Waals surface area (Å²) in [6.45, 7) is 4.60. The second-order valence-electron chi connectivity index (χ2n) is 7.84. The molecule has 0 saturated carbocycles. The number of aryl methyl sites for hydroxylation is 2. The van der Waals surface area contributed by atoms with Gasteiger partial charge in [-0.25, -0.2) is 4.98 Å². The number of carbonyl (C=O) groups is 2. The van der Waals surface area contributed by atoms with Crippen LogP contribution in [0.25, 0.3) is 11.5 Å². The molecular weight excluding hydrogens is 420 g/mol. The fourth-order valence-electron chi connectivity index (χ4n) is 3.48. The van der Waals surface area contributed by atoms with Crippen molar-refractivity contribution < 1.29 is 23.8 Å². The van der Waals surface area contributed by atoms with Gasteiger partial charge in [-0.2, -0.15) is 0 Å². The number of amides is 1. The highest BCUT2D eigenvalue weighted by atomic mass is 16.5. The first-order chi connectivity index (χ1) is 16.0. The van der Waals surface area contributed by atoms with Crippen LogP contribution in [0.3, 0.4) is 0 Å². The van der Waals surface area contributed by atoms with Gasteiger partial charge in [-0.15, -0.1) is 0 Å². The lowest BCUT2D eigenvalue weighted by Crippen LogP contribution is -2.23. The summed E-state index contributed by atoms with van der Waals surface area (Å²) in [7, 11) is 0. The summed E-state index contributed by atoms with van der Waals surface area (Å²) < 4.78 is 11.7. The predicted octanol–water partition coefficient (Wildman–Crippen LogP) is 4.71. The van der Waals surface area contributed by atoms with Gasteiger partial charge in [-0.3, -0.25) is 9.59 Å². The lowest BCUT2D eigenvalue weighted by Gasteiger charge is -2.13. The van der Waals surface area contributed by atoms with Crippen molar-refractivity contribution in [3.63, 3.8) is 0 Å². The Bertz CT molecular complexity index is 1080. The van der Waals surface area contributed by atoms with Crippen LogP contribution in [-0.4, -0.2) is 28.6 Å². The maximum Gasteiger partial charge on any atom is 0.303 e. The molecule has 174 valence electrons. The van der Waals surface area contributed by atoms with Crippen LogP contribution in [0.1, 0.15) is 48.8 Å². The van der Waals surface area contributed by atoms with Crippen LogP contribution in [0.5, 0.6) is 5.75 Å². The highest BCUT2D eigenvalue weighted by Crippen LogP contribution is 2.23. The number of rotatable bonds is 12. The van der Waals surface area contributed by atoms with Gasteiger partial charge in [-0.1, -0.05) is 31.2 Å². The number of nitrogens with zero attached hydrogens (tertiary/aromatic N) is 1. The van der Waals surface area contributed by atoms with E-state index in [1.807, 2.05) is 62.4 Å². The quantitative estimate of drug-likeness (QED) is 0.415. The average molecular weight is 451 g/mol. The number of ether oxygens (including phenoxy) is 1. The fraction of sp³-hybridized carbons (Fsp3) is 0.346. The van der Waals surface area contributed by atoms with Gasteiger partial charge in [0, 0.05) is 31.4 Å². The van der Waals surface area contributed by atoms with Crippen molar-refractivity contribution in [3.8, 4) is 17.2 Å². The summed E-state index contributed by atoms with van der Waals surface area (Å²) in [5.74, 6) is 1.15. The zero-order valence-electron chi connectivity index (χ0n) is 19.1. The van der Waals surface area contributed by atoms with Gasteiger partial charge in [0.1, 0.15) is 11.5 Å². The van der Waals surface area contributed by atoms with E-state index in [-0.39, 0.29) is 12.3 Å². The number of oxazole rings is 1. The molecule has 7 heteroatoms. The van der Waals surface area contributed by atoms with E-state index in [4.69, 9.17) is 14.3 Å². The number of nitrogens with one attached hydrogen (secondary N) is 1. The minimum absolute atomic E-state index is 0.0243. The minimum Gasteiger partial charge on any atom is -0.493 e. The number of hydrogen-bond acceptors (Lipinski definition) is 5. The molecule has 0 spiro atoms. The highest BCUT2D eigenvalue weighted by molar-refractivity contribution is 5.75. The number of carboxylic acid groups (broad SMARTS) is 1. The molecule has 0 saturated heterocycles. The lowest BCUT2D eigenvalue weighted by molar-refractivity contribution is -0.137. The Morgan fingerprint density at radius 3 is 2.58 bits per heavy atom. The summed E-state index contributed by atoms with van der Waals surface area (Å²) in [4.78, 5) is 27.5. The molecule has 2 aromatic carbocycles. The summed E-state index contributed by atoms with van der Waals surface area (Å²) in [6, 6.07) is 15.3. The molecule has 3 aromatic rings. The normalized spacial score (nSPS) is 10.7. The van der Waals surface area contributed by atoms with Gasteiger partial charge >= 0.3 is 5.97 Å². The molecule has 0 unspecified atom stereocenters. The molecule has 3 rings (SSSR count). The molecule has 1 amide bonds. The average Bonchev–Trinajstić information content (AvgIpc) is 3.18. The Morgan fingerprint density at radius 2 is 1.85 bits per heavy atom. The molecule has 33 heavy (non-hydrogen) atoms. The lowest BCUT2D eigenvalue weighted by atomic mass is 10.0. The Balaban J connectivity index is 1.64. The molecule has 0 radical (unpaired) electrons. The first kappa shape index (κ1) is 24.0. The molecule has 1 heterocycles. The summed E-state index contributed by atoms with van der Waals surface area (Å²) in [6.07, 6.45) is 2.25. The number of carboxylic acids is 1. The first-order valence-electron chi connectivity index (χ1n) is 11.2. The van der Waals surface area contributed by atoms with Crippen LogP contribution in [0, 0.1) is 6.92 Å². The van der Waals surface area contributed by atoms with Crippen LogP contribution < -0.4 is 10.1 Å². The fourth-order valence-corrected chi connectivity index (χ4v) is 3.48. The summed E-state index contributed by atoms with van der Waals surface area (Å²) in [5, 5.41) is 11.9. The number of hydrogen-bond donors (Lipinski definition) is 2. The maximum atomic E-state index is 11.9. The molecule has 7 nitrogen and oxygen atoms in total. The van der Waals surface area contributed by atoms with Crippen LogP contribution in [0.15, 0.2) is 52.9 Å². The van der Waals surface area contributed by atoms with Gasteiger partial charge < -0.3 is 19.6 Å². The number of aromatic nitrogens is 1. The predicted molar refractivity (Wildman–Crippen MR) is 125 cm³/mol. The molecule has 0 atom stereocenters. The Morgan fingerprint density at radius 1 is 1.06 bits per heavy atom. The van der Waals surface area contributed by atoms with Crippen molar-refractivity contribution in [2.24, 2.45) is 0 Å². The van der Waals surface area contributed by atoms with Crippen LogP contribution in [-0.2, 0) is 29.0 Å². The summed E-state index contributed by atoms with van der Waals surface area (Å²) in [5.41, 5.74) is 3.53. The van der Waals surface area contributed by atoms with Crippen LogP contribution >= 0.6 is 0 Å². The second kappa shape index (κ2) is 11.9. The van der Waals surface area contributed by atoms with E-state index in [2.05, 4.69) is 10.3 Å². The van der Waals surface area contributed by atoms with Crippen molar-refractivity contribution in [3.05, 3.63) is 71.1 Å². The molecule has 0 aliphatic carbocycles. The van der Waals surface area contributed by atoms with Gasteiger partial charge in [0.05, 0.1) is 12.3 Å². The molecule has 2 N–H and O–H groups in total. The number of benzene rings is 2. The van der Waals surface area contributed by atoms with Gasteiger partial charge in [0.2, 0.25) is 11.8 Å². The standard InChI is InChI=1S/C26H30N2O5/c1-3-7-24(29)27-17-21-16-22(12-10-19(21)11-13-25(30)31)32-15-14-23-18(2)33-26(28-23)20-8-5-4-6-9-20/h4-6,8-10,12,16H,3,7,11,13-15,17H2,1-2H3,(H,27,29)(H,30,31). The monoisotopic (exact) mass is 450 g/mol. The Labute approximate surface area is 193 Å². The first-order valence-corrected chi connectivity index (χ1v) is 11.2. The van der Waals surface area contributed by atoms with Crippen molar-refractivity contribution in [1.82, 2.24) is 10.3 Å². The second-order valence-corrected chi connectivity index (χ2v) is 7.84.